The average molecular weight is 391 g/mol. The molecule has 0 aliphatic carbocycles. The van der Waals surface area contributed by atoms with Gasteiger partial charge in [-0.15, -0.1) is 0 Å². The fourth-order valence-corrected chi connectivity index (χ4v) is 3.31. The predicted octanol–water partition coefficient (Wildman–Crippen LogP) is 4.05. The number of rotatable bonds is 8. The quantitative estimate of drug-likeness (QED) is 0.344. The van der Waals surface area contributed by atoms with E-state index in [9.17, 15) is 14.7 Å². The number of nitrogens with one attached hydrogen (secondary N) is 1. The van der Waals surface area contributed by atoms with Gasteiger partial charge in [0.2, 0.25) is 0 Å². The van der Waals surface area contributed by atoms with Gasteiger partial charge in [0.25, 0.3) is 0 Å². The van der Waals surface area contributed by atoms with Crippen molar-refractivity contribution >= 4 is 22.5 Å². The maximum absolute atomic E-state index is 12.8. The van der Waals surface area contributed by atoms with Gasteiger partial charge in [-0.25, -0.2) is 0 Å². The number of carbonyl (C=O) groups excluding carboxylic acids is 2. The van der Waals surface area contributed by atoms with Crippen LogP contribution in [0.5, 0.6) is 5.75 Å². The summed E-state index contributed by atoms with van der Waals surface area (Å²) in [7, 11) is 0. The van der Waals surface area contributed by atoms with Crippen LogP contribution in [0.15, 0.2) is 66.7 Å². The van der Waals surface area contributed by atoms with Crippen LogP contribution in [0.2, 0.25) is 0 Å². The van der Waals surface area contributed by atoms with E-state index in [1.807, 2.05) is 67.6 Å². The molecule has 0 saturated carbocycles. The van der Waals surface area contributed by atoms with Crippen LogP contribution < -0.4 is 10.1 Å². The van der Waals surface area contributed by atoms with E-state index in [0.29, 0.717) is 17.9 Å². The van der Waals surface area contributed by atoms with Gasteiger partial charge in [0.1, 0.15) is 5.75 Å². The Bertz CT molecular complexity index is 1000. The first-order chi connectivity index (χ1) is 14.0. The lowest BCUT2D eigenvalue weighted by atomic mass is 10.0. The van der Waals surface area contributed by atoms with Crippen LogP contribution in [0.25, 0.3) is 10.8 Å². The molecule has 2 N–H and O–H groups in total. The SMILES string of the molecule is CC(=O)Oc1c(C(=O)CCNC(C)C(O)c2ccccc2)ccc2ccccc12. The summed E-state index contributed by atoms with van der Waals surface area (Å²) in [5.41, 5.74) is 1.21. The standard InChI is InChI=1S/C24H25NO4/c1-16(23(28)19-9-4-3-5-10-19)25-15-14-22(27)21-13-12-18-8-6-7-11-20(18)24(21)29-17(2)26/h3-13,16,23,25,28H,14-15H2,1-2H3. The maximum Gasteiger partial charge on any atom is 0.308 e. The maximum atomic E-state index is 12.8. The molecular weight excluding hydrogens is 366 g/mol. The van der Waals surface area contributed by atoms with Gasteiger partial charge >= 0.3 is 5.97 Å². The molecule has 3 aromatic rings. The Hall–Kier alpha value is -3.02. The minimum absolute atomic E-state index is 0.124. The Balaban J connectivity index is 1.69. The number of fused-ring (bicyclic) bond motifs is 1. The van der Waals surface area contributed by atoms with E-state index in [1.165, 1.54) is 6.92 Å². The molecule has 0 aliphatic rings. The van der Waals surface area contributed by atoms with Crippen LogP contribution >= 0.6 is 0 Å². The van der Waals surface area contributed by atoms with Gasteiger partial charge < -0.3 is 15.2 Å². The fourth-order valence-electron chi connectivity index (χ4n) is 3.31. The Labute approximate surface area is 170 Å². The number of ketones is 1. The first-order valence-corrected chi connectivity index (χ1v) is 9.67. The van der Waals surface area contributed by atoms with E-state index in [1.54, 1.807) is 6.07 Å². The molecule has 0 aromatic heterocycles. The van der Waals surface area contributed by atoms with Crippen molar-refractivity contribution in [3.8, 4) is 5.75 Å². The topological polar surface area (TPSA) is 75.6 Å². The largest absolute Gasteiger partial charge is 0.425 e. The van der Waals surface area contributed by atoms with Crippen molar-refractivity contribution in [2.45, 2.75) is 32.4 Å². The van der Waals surface area contributed by atoms with Crippen molar-refractivity contribution < 1.29 is 19.4 Å². The van der Waals surface area contributed by atoms with E-state index in [2.05, 4.69) is 5.32 Å². The van der Waals surface area contributed by atoms with Gasteiger partial charge in [-0.2, -0.15) is 0 Å². The van der Waals surface area contributed by atoms with Crippen molar-refractivity contribution in [1.29, 1.82) is 0 Å². The van der Waals surface area contributed by atoms with Gasteiger partial charge in [0, 0.05) is 31.3 Å². The molecule has 3 rings (SSSR count). The minimum atomic E-state index is -0.663. The highest BCUT2D eigenvalue weighted by Crippen LogP contribution is 2.31. The van der Waals surface area contributed by atoms with E-state index in [-0.39, 0.29) is 18.2 Å². The molecule has 150 valence electrons. The molecule has 2 unspecified atom stereocenters. The van der Waals surface area contributed by atoms with Crippen LogP contribution in [-0.4, -0.2) is 29.4 Å². The highest BCUT2D eigenvalue weighted by Gasteiger charge is 2.19. The third kappa shape index (κ3) is 5.08. The lowest BCUT2D eigenvalue weighted by Crippen LogP contribution is -2.33. The predicted molar refractivity (Wildman–Crippen MR) is 113 cm³/mol. The van der Waals surface area contributed by atoms with Crippen LogP contribution in [-0.2, 0) is 4.79 Å². The van der Waals surface area contributed by atoms with E-state index < -0.39 is 12.1 Å². The first-order valence-electron chi connectivity index (χ1n) is 9.67. The molecule has 0 spiro atoms. The number of hydrogen-bond donors (Lipinski definition) is 2. The zero-order chi connectivity index (χ0) is 20.8. The molecule has 0 heterocycles. The summed E-state index contributed by atoms with van der Waals surface area (Å²) in [5, 5.41) is 15.3. The van der Waals surface area contributed by atoms with Crippen molar-refractivity contribution in [2.75, 3.05) is 6.54 Å². The number of Topliss-reactive ketones (excluding diaryl/α,β-unsaturated/α-hetero) is 1. The Morgan fingerprint density at radius 3 is 2.41 bits per heavy atom. The Kier molecular flexibility index (Phi) is 6.75. The minimum Gasteiger partial charge on any atom is -0.425 e. The molecular formula is C24H25NO4. The van der Waals surface area contributed by atoms with Crippen LogP contribution in [0, 0.1) is 0 Å². The number of aliphatic hydroxyl groups excluding tert-OH is 1. The number of ether oxygens (including phenoxy) is 1. The normalized spacial score (nSPS) is 13.1. The molecule has 0 aliphatic heterocycles. The average Bonchev–Trinajstić information content (AvgIpc) is 2.73. The molecule has 0 amide bonds. The number of benzene rings is 3. The van der Waals surface area contributed by atoms with Crippen molar-refractivity contribution in [1.82, 2.24) is 5.32 Å². The van der Waals surface area contributed by atoms with Crippen molar-refractivity contribution in [3.05, 3.63) is 77.9 Å². The number of esters is 1. The van der Waals surface area contributed by atoms with Crippen LogP contribution in [0.3, 0.4) is 0 Å². The summed E-state index contributed by atoms with van der Waals surface area (Å²) in [6.07, 6.45) is -0.443. The van der Waals surface area contributed by atoms with Crippen molar-refractivity contribution in [2.24, 2.45) is 0 Å². The van der Waals surface area contributed by atoms with E-state index >= 15 is 0 Å². The zero-order valence-corrected chi connectivity index (χ0v) is 16.6. The summed E-state index contributed by atoms with van der Waals surface area (Å²) in [6.45, 7) is 3.60. The zero-order valence-electron chi connectivity index (χ0n) is 16.6. The summed E-state index contributed by atoms with van der Waals surface area (Å²) in [6, 6.07) is 20.2. The third-order valence-electron chi connectivity index (χ3n) is 4.86. The van der Waals surface area contributed by atoms with E-state index in [0.717, 1.165) is 16.3 Å². The van der Waals surface area contributed by atoms with Crippen LogP contribution in [0.4, 0.5) is 0 Å². The van der Waals surface area contributed by atoms with Gasteiger partial charge in [-0.1, -0.05) is 60.7 Å². The summed E-state index contributed by atoms with van der Waals surface area (Å²) in [5.74, 6) is -0.285. The summed E-state index contributed by atoms with van der Waals surface area (Å²) >= 11 is 0. The molecule has 2 atom stereocenters. The second-order valence-corrected chi connectivity index (χ2v) is 7.03. The molecule has 0 fully saturated rings. The molecule has 5 nitrogen and oxygen atoms in total. The van der Waals surface area contributed by atoms with Gasteiger partial charge in [0.05, 0.1) is 11.7 Å². The van der Waals surface area contributed by atoms with Gasteiger partial charge in [-0.3, -0.25) is 9.59 Å². The monoisotopic (exact) mass is 391 g/mol. The molecule has 29 heavy (non-hydrogen) atoms. The molecule has 0 bridgehead atoms. The smallest absolute Gasteiger partial charge is 0.308 e. The molecule has 5 heteroatoms. The lowest BCUT2D eigenvalue weighted by molar-refractivity contribution is -0.131. The molecule has 3 aromatic carbocycles. The summed E-state index contributed by atoms with van der Waals surface area (Å²) < 4.78 is 5.38. The summed E-state index contributed by atoms with van der Waals surface area (Å²) in [4.78, 5) is 24.4. The lowest BCUT2D eigenvalue weighted by Gasteiger charge is -2.20. The number of aliphatic hydroxyl groups is 1. The Morgan fingerprint density at radius 2 is 1.69 bits per heavy atom. The second-order valence-electron chi connectivity index (χ2n) is 7.03. The second kappa shape index (κ2) is 9.45. The molecule has 0 radical (unpaired) electrons. The van der Waals surface area contributed by atoms with Crippen LogP contribution in [0.1, 0.15) is 42.3 Å². The number of carbonyl (C=O) groups is 2. The van der Waals surface area contributed by atoms with E-state index in [4.69, 9.17) is 4.74 Å². The highest BCUT2D eigenvalue weighted by atomic mass is 16.5. The first kappa shape index (κ1) is 20.7. The highest BCUT2D eigenvalue weighted by molar-refractivity contribution is 6.05. The number of hydrogen-bond acceptors (Lipinski definition) is 5. The van der Waals surface area contributed by atoms with Gasteiger partial charge in [-0.05, 0) is 23.9 Å². The van der Waals surface area contributed by atoms with Crippen molar-refractivity contribution in [3.63, 3.8) is 0 Å². The Morgan fingerprint density at radius 1 is 1.00 bits per heavy atom. The molecule has 0 saturated heterocycles. The fraction of sp³-hybridized carbons (Fsp3) is 0.250. The van der Waals surface area contributed by atoms with Gasteiger partial charge in [0.15, 0.2) is 5.78 Å². The third-order valence-corrected chi connectivity index (χ3v) is 4.86.